The molecule has 0 aliphatic heterocycles. The lowest BCUT2D eigenvalue weighted by Gasteiger charge is -2.08. The number of pyridine rings is 1. The van der Waals surface area contributed by atoms with E-state index >= 15 is 0 Å². The van der Waals surface area contributed by atoms with E-state index in [1.165, 1.54) is 16.7 Å². The van der Waals surface area contributed by atoms with Gasteiger partial charge in [0.25, 0.3) is 0 Å². The van der Waals surface area contributed by atoms with E-state index in [4.69, 9.17) is 0 Å². The van der Waals surface area contributed by atoms with Gasteiger partial charge in [-0.05, 0) is 57.0 Å². The molecule has 1 aromatic heterocycles. The highest BCUT2D eigenvalue weighted by Gasteiger charge is 2.01. The number of benzene rings is 1. The predicted octanol–water partition coefficient (Wildman–Crippen LogP) is 3.68. The van der Waals surface area contributed by atoms with E-state index in [1.807, 2.05) is 30.3 Å². The second-order valence-corrected chi connectivity index (χ2v) is 5.54. The Morgan fingerprint density at radius 1 is 1.14 bits per heavy atom. The molecule has 2 nitrogen and oxygen atoms in total. The molecule has 0 radical (unpaired) electrons. The van der Waals surface area contributed by atoms with Crippen LogP contribution in [0, 0.1) is 6.92 Å². The minimum atomic E-state index is 0.809. The standard InChI is InChI=1S/C19H22N2/c1-13(2)11-14(3)19-15(4)12-18(20-16(19)5)21-17-9-7-6-8-10-17/h6-12H,5H2,1-4H3,(H,20,21)/b19-14-. The first-order chi connectivity index (χ1) is 9.97. The van der Waals surface area contributed by atoms with Gasteiger partial charge in [-0.15, -0.1) is 0 Å². The SMILES string of the molecule is C=c1nc(Nc2ccccc2)cc(C)/c1=C(\C)C=C(C)C. The van der Waals surface area contributed by atoms with E-state index in [0.717, 1.165) is 22.1 Å². The van der Waals surface area contributed by atoms with Gasteiger partial charge in [-0.2, -0.15) is 0 Å². The quantitative estimate of drug-likeness (QED) is 0.926. The van der Waals surface area contributed by atoms with Crippen molar-refractivity contribution in [3.8, 4) is 0 Å². The first kappa shape index (κ1) is 15.0. The fourth-order valence-electron chi connectivity index (χ4n) is 2.52. The van der Waals surface area contributed by atoms with Gasteiger partial charge >= 0.3 is 0 Å². The summed E-state index contributed by atoms with van der Waals surface area (Å²) < 4.78 is 0. The predicted molar refractivity (Wildman–Crippen MR) is 92.0 cm³/mol. The number of anilines is 2. The molecule has 1 N–H and O–H groups in total. The van der Waals surface area contributed by atoms with Crippen LogP contribution in [0.25, 0.3) is 12.2 Å². The van der Waals surface area contributed by atoms with E-state index in [2.05, 4.69) is 56.7 Å². The Labute approximate surface area is 126 Å². The minimum absolute atomic E-state index is 0.809. The number of rotatable bonds is 3. The van der Waals surface area contributed by atoms with Gasteiger partial charge in [0, 0.05) is 10.9 Å². The van der Waals surface area contributed by atoms with Crippen LogP contribution < -0.4 is 15.9 Å². The van der Waals surface area contributed by atoms with Crippen LogP contribution >= 0.6 is 0 Å². The smallest absolute Gasteiger partial charge is 0.131 e. The van der Waals surface area contributed by atoms with Gasteiger partial charge < -0.3 is 5.32 Å². The van der Waals surface area contributed by atoms with Crippen LogP contribution in [0.15, 0.2) is 48.0 Å². The normalized spacial score (nSPS) is 11.8. The molecule has 0 saturated carbocycles. The molecule has 2 rings (SSSR count). The van der Waals surface area contributed by atoms with E-state index in [-0.39, 0.29) is 0 Å². The number of para-hydroxylation sites is 1. The zero-order valence-electron chi connectivity index (χ0n) is 13.2. The molecule has 0 fully saturated rings. The summed E-state index contributed by atoms with van der Waals surface area (Å²) in [5.74, 6) is 0.831. The van der Waals surface area contributed by atoms with E-state index < -0.39 is 0 Å². The topological polar surface area (TPSA) is 24.9 Å². The van der Waals surface area contributed by atoms with Crippen molar-refractivity contribution in [1.29, 1.82) is 0 Å². The fourth-order valence-corrected chi connectivity index (χ4v) is 2.52. The molecular weight excluding hydrogens is 256 g/mol. The van der Waals surface area contributed by atoms with Gasteiger partial charge in [-0.3, -0.25) is 0 Å². The molecule has 0 bridgehead atoms. The second-order valence-electron chi connectivity index (χ2n) is 5.54. The largest absolute Gasteiger partial charge is 0.340 e. The lowest BCUT2D eigenvalue weighted by atomic mass is 10.1. The Morgan fingerprint density at radius 3 is 2.38 bits per heavy atom. The summed E-state index contributed by atoms with van der Waals surface area (Å²) in [6.07, 6.45) is 2.17. The van der Waals surface area contributed by atoms with E-state index in [9.17, 15) is 0 Å². The average Bonchev–Trinajstić information content (AvgIpc) is 2.38. The highest BCUT2D eigenvalue weighted by molar-refractivity contribution is 5.60. The number of hydrogen-bond acceptors (Lipinski definition) is 2. The zero-order chi connectivity index (χ0) is 15.4. The lowest BCUT2D eigenvalue weighted by molar-refractivity contribution is 1.18. The van der Waals surface area contributed by atoms with Crippen molar-refractivity contribution in [2.45, 2.75) is 27.7 Å². The third-order valence-corrected chi connectivity index (χ3v) is 3.24. The third-order valence-electron chi connectivity index (χ3n) is 3.24. The summed E-state index contributed by atoms with van der Waals surface area (Å²) in [7, 11) is 0. The van der Waals surface area contributed by atoms with Gasteiger partial charge in [-0.1, -0.05) is 36.4 Å². The van der Waals surface area contributed by atoms with Gasteiger partial charge in [-0.25, -0.2) is 4.98 Å². The first-order valence-corrected chi connectivity index (χ1v) is 7.12. The maximum atomic E-state index is 4.59. The van der Waals surface area contributed by atoms with Crippen LogP contribution in [0.2, 0.25) is 0 Å². The van der Waals surface area contributed by atoms with Crippen LogP contribution in [0.5, 0.6) is 0 Å². The Hall–Kier alpha value is -2.35. The van der Waals surface area contributed by atoms with Gasteiger partial charge in [0.2, 0.25) is 0 Å². The lowest BCUT2D eigenvalue weighted by Crippen LogP contribution is -2.31. The van der Waals surface area contributed by atoms with E-state index in [1.54, 1.807) is 0 Å². The highest BCUT2D eigenvalue weighted by Crippen LogP contribution is 2.12. The summed E-state index contributed by atoms with van der Waals surface area (Å²) in [6.45, 7) is 12.5. The Morgan fingerprint density at radius 2 is 1.81 bits per heavy atom. The summed E-state index contributed by atoms with van der Waals surface area (Å²) in [5.41, 5.74) is 4.69. The number of nitrogens with one attached hydrogen (secondary N) is 1. The minimum Gasteiger partial charge on any atom is -0.340 e. The summed E-state index contributed by atoms with van der Waals surface area (Å²) >= 11 is 0. The van der Waals surface area contributed by atoms with Crippen LogP contribution in [0.1, 0.15) is 26.3 Å². The monoisotopic (exact) mass is 278 g/mol. The van der Waals surface area contributed by atoms with Crippen molar-refractivity contribution in [1.82, 2.24) is 4.98 Å². The molecular formula is C19H22N2. The van der Waals surface area contributed by atoms with Crippen LogP contribution in [-0.4, -0.2) is 4.98 Å². The number of allylic oxidation sites excluding steroid dienone is 2. The maximum absolute atomic E-state index is 4.59. The summed E-state index contributed by atoms with van der Waals surface area (Å²) in [4.78, 5) is 4.59. The average molecular weight is 278 g/mol. The number of hydrogen-bond donors (Lipinski definition) is 1. The molecule has 0 unspecified atom stereocenters. The molecule has 1 heterocycles. The molecule has 2 heteroatoms. The molecule has 2 aromatic rings. The molecule has 0 spiro atoms. The third kappa shape index (κ3) is 3.82. The van der Waals surface area contributed by atoms with Crippen molar-refractivity contribution in [3.05, 3.63) is 64.2 Å². The number of nitrogens with zero attached hydrogens (tertiary/aromatic N) is 1. The van der Waals surface area contributed by atoms with Gasteiger partial charge in [0.05, 0.1) is 5.35 Å². The fraction of sp³-hybridized carbons (Fsp3) is 0.211. The van der Waals surface area contributed by atoms with Crippen molar-refractivity contribution in [2.24, 2.45) is 0 Å². The van der Waals surface area contributed by atoms with Gasteiger partial charge in [0.15, 0.2) is 0 Å². The summed E-state index contributed by atoms with van der Waals surface area (Å²) in [5, 5.41) is 5.26. The molecule has 108 valence electrons. The van der Waals surface area contributed by atoms with Crippen LogP contribution in [0.4, 0.5) is 11.5 Å². The Kier molecular flexibility index (Phi) is 4.59. The van der Waals surface area contributed by atoms with Crippen molar-refractivity contribution in [2.75, 3.05) is 5.32 Å². The van der Waals surface area contributed by atoms with E-state index in [0.29, 0.717) is 0 Å². The van der Waals surface area contributed by atoms with Crippen LogP contribution in [-0.2, 0) is 0 Å². The van der Waals surface area contributed by atoms with Crippen molar-refractivity contribution in [3.63, 3.8) is 0 Å². The summed E-state index contributed by atoms with van der Waals surface area (Å²) in [6, 6.07) is 12.1. The van der Waals surface area contributed by atoms with Crippen molar-refractivity contribution < 1.29 is 0 Å². The first-order valence-electron chi connectivity index (χ1n) is 7.12. The second kappa shape index (κ2) is 6.40. The van der Waals surface area contributed by atoms with Crippen molar-refractivity contribution >= 4 is 23.7 Å². The molecule has 0 aliphatic rings. The Bertz CT molecular complexity index is 767. The zero-order valence-corrected chi connectivity index (χ0v) is 13.2. The molecule has 0 amide bonds. The van der Waals surface area contributed by atoms with Gasteiger partial charge in [0.1, 0.15) is 5.82 Å². The molecule has 0 atom stereocenters. The number of aryl methyl sites for hydroxylation is 1. The maximum Gasteiger partial charge on any atom is 0.131 e. The Balaban J connectivity index is 2.48. The number of aromatic nitrogens is 1. The molecule has 1 aromatic carbocycles. The molecule has 0 aliphatic carbocycles. The van der Waals surface area contributed by atoms with Crippen LogP contribution in [0.3, 0.4) is 0 Å². The molecule has 21 heavy (non-hydrogen) atoms. The molecule has 0 saturated heterocycles. The highest BCUT2D eigenvalue weighted by atomic mass is 15.0.